The summed E-state index contributed by atoms with van der Waals surface area (Å²) in [5.41, 5.74) is 6.61. The van der Waals surface area contributed by atoms with Gasteiger partial charge in [0.25, 0.3) is 5.79 Å². The lowest BCUT2D eigenvalue weighted by Crippen LogP contribution is -2.20. The average molecular weight is 264 g/mol. The Balaban J connectivity index is 1.77. The zero-order valence-corrected chi connectivity index (χ0v) is 10.6. The van der Waals surface area contributed by atoms with Crippen molar-refractivity contribution in [3.8, 4) is 0 Å². The quantitative estimate of drug-likeness (QED) is 0.912. The van der Waals surface area contributed by atoms with Gasteiger partial charge in [-0.3, -0.25) is 0 Å². The lowest BCUT2D eigenvalue weighted by atomic mass is 10.2. The van der Waals surface area contributed by atoms with Gasteiger partial charge in [-0.25, -0.2) is 0 Å². The van der Waals surface area contributed by atoms with E-state index in [9.17, 15) is 0 Å². The number of rotatable bonds is 3. The third-order valence-corrected chi connectivity index (χ3v) is 3.78. The van der Waals surface area contributed by atoms with E-state index in [0.717, 1.165) is 10.4 Å². The van der Waals surface area contributed by atoms with Crippen molar-refractivity contribution in [2.45, 2.75) is 19.3 Å². The fraction of sp³-hybridized carbons (Fsp3) is 0.273. The van der Waals surface area contributed by atoms with Crippen LogP contribution in [0.2, 0.25) is 0 Å². The Kier molecular flexibility index (Phi) is 2.48. The van der Waals surface area contributed by atoms with Crippen molar-refractivity contribution in [3.63, 3.8) is 0 Å². The molecular formula is C11H12N4O2S. The van der Waals surface area contributed by atoms with E-state index in [1.54, 1.807) is 28.7 Å². The first-order valence-electron chi connectivity index (χ1n) is 5.40. The first-order chi connectivity index (χ1) is 8.66. The van der Waals surface area contributed by atoms with Gasteiger partial charge in [-0.05, 0) is 17.0 Å². The number of aromatic nitrogens is 3. The van der Waals surface area contributed by atoms with Crippen molar-refractivity contribution < 1.29 is 9.47 Å². The summed E-state index contributed by atoms with van der Waals surface area (Å²) in [4.78, 5) is 2.56. The number of anilines is 1. The minimum Gasteiger partial charge on any atom is -0.452 e. The summed E-state index contributed by atoms with van der Waals surface area (Å²) in [5.74, 6) is -0.288. The normalized spacial score (nSPS) is 16.5. The van der Waals surface area contributed by atoms with Gasteiger partial charge in [-0.1, -0.05) is 0 Å². The number of nitrogens with two attached hydrogens (primary N) is 1. The Morgan fingerprint density at radius 3 is 2.89 bits per heavy atom. The van der Waals surface area contributed by atoms with Gasteiger partial charge in [0.05, 0.1) is 17.6 Å². The molecule has 1 aliphatic rings. The van der Waals surface area contributed by atoms with Crippen molar-refractivity contribution in [3.05, 3.63) is 40.6 Å². The van der Waals surface area contributed by atoms with E-state index < -0.39 is 5.79 Å². The second-order valence-corrected chi connectivity index (χ2v) is 4.98. The van der Waals surface area contributed by atoms with Crippen LogP contribution in [-0.2, 0) is 21.8 Å². The monoisotopic (exact) mass is 264 g/mol. The number of nitrogen functional groups attached to an aromatic ring is 1. The first kappa shape index (κ1) is 11.1. The molecule has 18 heavy (non-hydrogen) atoms. The Hall–Kier alpha value is -2.02. The summed E-state index contributed by atoms with van der Waals surface area (Å²) < 4.78 is 10.9. The molecule has 0 bridgehead atoms. The van der Waals surface area contributed by atoms with Gasteiger partial charge < -0.3 is 15.2 Å². The van der Waals surface area contributed by atoms with Gasteiger partial charge in [-0.15, -0.1) is 16.4 Å². The smallest absolute Gasteiger partial charge is 0.283 e. The molecule has 0 spiro atoms. The van der Waals surface area contributed by atoms with Crippen LogP contribution in [0.4, 0.5) is 5.82 Å². The van der Waals surface area contributed by atoms with E-state index in [1.165, 1.54) is 6.20 Å². The molecule has 3 heterocycles. The highest BCUT2D eigenvalue weighted by atomic mass is 32.1. The van der Waals surface area contributed by atoms with Gasteiger partial charge in [0.15, 0.2) is 5.82 Å². The number of ether oxygens (including phenoxy) is 2. The second kappa shape index (κ2) is 4.02. The molecular weight excluding hydrogens is 252 g/mol. The molecule has 2 aromatic heterocycles. The maximum Gasteiger partial charge on any atom is 0.283 e. The molecule has 0 amide bonds. The van der Waals surface area contributed by atoms with Crippen LogP contribution >= 0.6 is 11.3 Å². The predicted octanol–water partition coefficient (Wildman–Crippen LogP) is 1.66. The molecule has 0 unspecified atom stereocenters. The molecule has 2 N–H and O–H groups in total. The number of hydrogen-bond acceptors (Lipinski definition) is 6. The molecule has 6 nitrogen and oxygen atoms in total. The summed E-state index contributed by atoms with van der Waals surface area (Å²) in [6.07, 6.45) is 4.63. The maximum absolute atomic E-state index is 5.52. The molecule has 94 valence electrons. The van der Waals surface area contributed by atoms with Gasteiger partial charge >= 0.3 is 0 Å². The zero-order valence-electron chi connectivity index (χ0n) is 9.74. The van der Waals surface area contributed by atoms with E-state index >= 15 is 0 Å². The molecule has 0 saturated heterocycles. The van der Waals surface area contributed by atoms with E-state index in [4.69, 9.17) is 15.2 Å². The topological polar surface area (TPSA) is 75.2 Å². The van der Waals surface area contributed by atoms with Crippen LogP contribution in [0.25, 0.3) is 0 Å². The third-order valence-electron chi connectivity index (χ3n) is 2.62. The molecule has 3 rings (SSSR count). The number of nitrogens with zero attached hydrogens (tertiary/aromatic N) is 3. The fourth-order valence-corrected chi connectivity index (χ4v) is 2.66. The summed E-state index contributed by atoms with van der Waals surface area (Å²) >= 11 is 1.58. The van der Waals surface area contributed by atoms with Crippen LogP contribution in [-0.4, -0.2) is 15.0 Å². The third kappa shape index (κ3) is 1.92. The standard InChI is InChI=1S/C11H12N4O2S/c1-11(16-2-3-17-11)9-4-8(7-18-9)6-15-13-5-10(12)14-15/h2-5,7H,6H2,1H3,(H2,12,14). The van der Waals surface area contributed by atoms with Crippen LogP contribution < -0.4 is 5.73 Å². The van der Waals surface area contributed by atoms with E-state index in [2.05, 4.69) is 10.2 Å². The predicted molar refractivity (Wildman–Crippen MR) is 66.5 cm³/mol. The summed E-state index contributed by atoms with van der Waals surface area (Å²) in [6.45, 7) is 2.46. The molecule has 7 heteroatoms. The SMILES string of the molecule is CC1(c2cc(Cn3ncc(N)n3)cs2)OC=CO1. The molecule has 0 aliphatic carbocycles. The summed E-state index contributed by atoms with van der Waals surface area (Å²) in [5, 5.41) is 10.1. The van der Waals surface area contributed by atoms with Gasteiger partial charge in [0.2, 0.25) is 0 Å². The summed E-state index contributed by atoms with van der Waals surface area (Å²) in [7, 11) is 0. The fourth-order valence-electron chi connectivity index (χ4n) is 1.71. The van der Waals surface area contributed by atoms with Crippen molar-refractivity contribution in [1.82, 2.24) is 15.0 Å². The van der Waals surface area contributed by atoms with Crippen molar-refractivity contribution in [1.29, 1.82) is 0 Å². The second-order valence-electron chi connectivity index (χ2n) is 4.07. The number of hydrogen-bond donors (Lipinski definition) is 1. The lowest BCUT2D eigenvalue weighted by molar-refractivity contribution is -0.130. The van der Waals surface area contributed by atoms with Crippen molar-refractivity contribution in [2.75, 3.05) is 5.73 Å². The molecule has 0 fully saturated rings. The maximum atomic E-state index is 5.52. The van der Waals surface area contributed by atoms with Crippen LogP contribution in [0.3, 0.4) is 0 Å². The van der Waals surface area contributed by atoms with Gasteiger partial charge in [-0.2, -0.15) is 9.90 Å². The molecule has 0 radical (unpaired) electrons. The van der Waals surface area contributed by atoms with Crippen molar-refractivity contribution in [2.24, 2.45) is 0 Å². The minimum atomic E-state index is -0.709. The number of thiophene rings is 1. The van der Waals surface area contributed by atoms with Gasteiger partial charge in [0.1, 0.15) is 12.5 Å². The highest BCUT2D eigenvalue weighted by molar-refractivity contribution is 7.10. The first-order valence-corrected chi connectivity index (χ1v) is 6.28. The Labute approximate surface area is 108 Å². The zero-order chi connectivity index (χ0) is 12.6. The van der Waals surface area contributed by atoms with Crippen LogP contribution in [0.15, 0.2) is 30.2 Å². The Bertz CT molecular complexity index is 581. The van der Waals surface area contributed by atoms with Crippen LogP contribution in [0, 0.1) is 0 Å². The summed E-state index contributed by atoms with van der Waals surface area (Å²) in [6, 6.07) is 2.03. The molecule has 0 atom stereocenters. The lowest BCUT2D eigenvalue weighted by Gasteiger charge is -2.20. The Morgan fingerprint density at radius 1 is 1.44 bits per heavy atom. The van der Waals surface area contributed by atoms with Gasteiger partial charge in [0, 0.05) is 6.92 Å². The highest BCUT2D eigenvalue weighted by Crippen LogP contribution is 2.35. The molecule has 2 aromatic rings. The van der Waals surface area contributed by atoms with Crippen molar-refractivity contribution >= 4 is 17.2 Å². The molecule has 0 aromatic carbocycles. The highest BCUT2D eigenvalue weighted by Gasteiger charge is 2.33. The van der Waals surface area contributed by atoms with E-state index in [-0.39, 0.29) is 0 Å². The average Bonchev–Trinajstić information content (AvgIpc) is 3.02. The molecule has 1 aliphatic heterocycles. The van der Waals surface area contributed by atoms with E-state index in [0.29, 0.717) is 12.4 Å². The largest absolute Gasteiger partial charge is 0.452 e. The van der Waals surface area contributed by atoms with Crippen LogP contribution in [0.1, 0.15) is 17.4 Å². The minimum absolute atomic E-state index is 0.420. The van der Waals surface area contributed by atoms with E-state index in [1.807, 2.05) is 18.4 Å². The molecule has 0 saturated carbocycles. The Morgan fingerprint density at radius 2 is 2.22 bits per heavy atom. The van der Waals surface area contributed by atoms with Crippen LogP contribution in [0.5, 0.6) is 0 Å².